The standard InChI is InChI=1S/C12H13FN2O2/c1-16-11-3-2-9(4-10(11)13)15-6-12(5-14)7-17-8-12/h2-4,15H,6-8H2,1H3. The van der Waals surface area contributed by atoms with E-state index in [0.717, 1.165) is 0 Å². The van der Waals surface area contributed by atoms with Gasteiger partial charge in [-0.1, -0.05) is 0 Å². The lowest BCUT2D eigenvalue weighted by Gasteiger charge is -2.35. The van der Waals surface area contributed by atoms with Crippen LogP contribution in [0.1, 0.15) is 0 Å². The SMILES string of the molecule is COc1ccc(NCC2(C#N)COC2)cc1F. The monoisotopic (exact) mass is 236 g/mol. The van der Waals surface area contributed by atoms with E-state index in [1.165, 1.54) is 13.2 Å². The van der Waals surface area contributed by atoms with Gasteiger partial charge < -0.3 is 14.8 Å². The van der Waals surface area contributed by atoms with E-state index in [-0.39, 0.29) is 5.75 Å². The van der Waals surface area contributed by atoms with Crippen molar-refractivity contribution in [1.29, 1.82) is 5.26 Å². The first-order chi connectivity index (χ1) is 8.19. The number of anilines is 1. The van der Waals surface area contributed by atoms with Crippen molar-refractivity contribution in [1.82, 2.24) is 0 Å². The van der Waals surface area contributed by atoms with Crippen LogP contribution in [-0.4, -0.2) is 26.9 Å². The van der Waals surface area contributed by atoms with Crippen LogP contribution in [-0.2, 0) is 4.74 Å². The minimum absolute atomic E-state index is 0.206. The van der Waals surface area contributed by atoms with Crippen molar-refractivity contribution in [2.24, 2.45) is 5.41 Å². The van der Waals surface area contributed by atoms with E-state index in [1.54, 1.807) is 12.1 Å². The van der Waals surface area contributed by atoms with Gasteiger partial charge in [0.15, 0.2) is 11.6 Å². The largest absolute Gasteiger partial charge is 0.494 e. The normalized spacial score (nSPS) is 16.8. The van der Waals surface area contributed by atoms with E-state index in [0.29, 0.717) is 25.4 Å². The molecule has 0 bridgehead atoms. The zero-order chi connectivity index (χ0) is 12.3. The van der Waals surface area contributed by atoms with Gasteiger partial charge in [-0.25, -0.2) is 4.39 Å². The van der Waals surface area contributed by atoms with Crippen molar-refractivity contribution < 1.29 is 13.9 Å². The topological polar surface area (TPSA) is 54.3 Å². The third-order valence-electron chi connectivity index (χ3n) is 2.78. The Morgan fingerprint density at radius 1 is 1.59 bits per heavy atom. The highest BCUT2D eigenvalue weighted by Gasteiger charge is 2.38. The zero-order valence-corrected chi connectivity index (χ0v) is 9.50. The molecule has 17 heavy (non-hydrogen) atoms. The fourth-order valence-corrected chi connectivity index (χ4v) is 1.60. The van der Waals surface area contributed by atoms with Gasteiger partial charge >= 0.3 is 0 Å². The van der Waals surface area contributed by atoms with Gasteiger partial charge in [-0.15, -0.1) is 0 Å². The maximum Gasteiger partial charge on any atom is 0.167 e. The van der Waals surface area contributed by atoms with E-state index < -0.39 is 11.2 Å². The van der Waals surface area contributed by atoms with Gasteiger partial charge in [-0.3, -0.25) is 0 Å². The first kappa shape index (κ1) is 11.7. The maximum atomic E-state index is 13.4. The average molecular weight is 236 g/mol. The fourth-order valence-electron chi connectivity index (χ4n) is 1.60. The minimum atomic E-state index is -0.476. The first-order valence-corrected chi connectivity index (χ1v) is 5.25. The molecule has 1 aromatic rings. The summed E-state index contributed by atoms with van der Waals surface area (Å²) >= 11 is 0. The van der Waals surface area contributed by atoms with Crippen LogP contribution in [0.3, 0.4) is 0 Å². The van der Waals surface area contributed by atoms with Gasteiger partial charge in [-0.2, -0.15) is 5.26 Å². The molecule has 0 atom stereocenters. The molecule has 0 aromatic heterocycles. The van der Waals surface area contributed by atoms with Crippen molar-refractivity contribution in [2.75, 3.05) is 32.2 Å². The highest BCUT2D eigenvalue weighted by molar-refractivity contribution is 5.47. The number of hydrogen-bond acceptors (Lipinski definition) is 4. The van der Waals surface area contributed by atoms with E-state index >= 15 is 0 Å². The number of rotatable bonds is 4. The molecule has 0 unspecified atom stereocenters. The zero-order valence-electron chi connectivity index (χ0n) is 9.50. The molecule has 1 aromatic carbocycles. The number of hydrogen-bond donors (Lipinski definition) is 1. The first-order valence-electron chi connectivity index (χ1n) is 5.25. The summed E-state index contributed by atoms with van der Waals surface area (Å²) in [5.74, 6) is -0.217. The van der Waals surface area contributed by atoms with E-state index in [1.807, 2.05) is 0 Å². The van der Waals surface area contributed by atoms with E-state index in [4.69, 9.17) is 14.7 Å². The summed E-state index contributed by atoms with van der Waals surface area (Å²) < 4.78 is 23.2. The van der Waals surface area contributed by atoms with Gasteiger partial charge in [0.2, 0.25) is 0 Å². The molecule has 0 amide bonds. The summed E-state index contributed by atoms with van der Waals surface area (Å²) in [5.41, 5.74) is 0.154. The second kappa shape index (κ2) is 4.60. The van der Waals surface area contributed by atoms with Gasteiger partial charge in [0, 0.05) is 18.3 Å². The Balaban J connectivity index is 2.00. The summed E-state index contributed by atoms with van der Waals surface area (Å²) in [6, 6.07) is 6.83. The Morgan fingerprint density at radius 2 is 2.35 bits per heavy atom. The van der Waals surface area contributed by atoms with Crippen molar-refractivity contribution in [3.05, 3.63) is 24.0 Å². The van der Waals surface area contributed by atoms with Crippen LogP contribution in [0.15, 0.2) is 18.2 Å². The van der Waals surface area contributed by atoms with Crippen LogP contribution in [0.4, 0.5) is 10.1 Å². The molecule has 90 valence electrons. The fraction of sp³-hybridized carbons (Fsp3) is 0.417. The third kappa shape index (κ3) is 2.32. The highest BCUT2D eigenvalue weighted by atomic mass is 19.1. The lowest BCUT2D eigenvalue weighted by molar-refractivity contribution is -0.0690. The molecule has 2 rings (SSSR count). The van der Waals surface area contributed by atoms with Crippen molar-refractivity contribution >= 4 is 5.69 Å². The Hall–Kier alpha value is -1.80. The molecular formula is C12H13FN2O2. The van der Waals surface area contributed by atoms with Crippen molar-refractivity contribution in [3.63, 3.8) is 0 Å². The summed E-state index contributed by atoms with van der Waals surface area (Å²) in [7, 11) is 1.42. The lowest BCUT2D eigenvalue weighted by atomic mass is 9.88. The Labute approximate surface area is 99.0 Å². The van der Waals surface area contributed by atoms with Gasteiger partial charge in [0.1, 0.15) is 5.41 Å². The van der Waals surface area contributed by atoms with Crippen LogP contribution >= 0.6 is 0 Å². The van der Waals surface area contributed by atoms with Crippen molar-refractivity contribution in [2.45, 2.75) is 0 Å². The molecule has 5 heteroatoms. The van der Waals surface area contributed by atoms with Gasteiger partial charge in [0.05, 0.1) is 26.4 Å². The lowest BCUT2D eigenvalue weighted by Crippen LogP contribution is -2.46. The molecule has 4 nitrogen and oxygen atoms in total. The molecular weight excluding hydrogens is 223 g/mol. The predicted molar refractivity (Wildman–Crippen MR) is 60.3 cm³/mol. The maximum absolute atomic E-state index is 13.4. The predicted octanol–water partition coefficient (Wildman–Crippen LogP) is 1.79. The Bertz CT molecular complexity index is 452. The van der Waals surface area contributed by atoms with Crippen LogP contribution in [0.25, 0.3) is 0 Å². The molecule has 0 radical (unpaired) electrons. The quantitative estimate of drug-likeness (QED) is 0.865. The molecule has 1 saturated heterocycles. The van der Waals surface area contributed by atoms with E-state index in [2.05, 4.69) is 11.4 Å². The number of nitrogens with one attached hydrogen (secondary N) is 1. The average Bonchev–Trinajstić information content (AvgIpc) is 2.28. The molecule has 1 aliphatic heterocycles. The van der Waals surface area contributed by atoms with E-state index in [9.17, 15) is 4.39 Å². The van der Waals surface area contributed by atoms with Gasteiger partial charge in [-0.05, 0) is 12.1 Å². The van der Waals surface area contributed by atoms with Gasteiger partial charge in [0.25, 0.3) is 0 Å². The van der Waals surface area contributed by atoms with Crippen LogP contribution < -0.4 is 10.1 Å². The summed E-state index contributed by atoms with van der Waals surface area (Å²) in [4.78, 5) is 0. The smallest absolute Gasteiger partial charge is 0.167 e. The summed E-state index contributed by atoms with van der Waals surface area (Å²) in [5, 5.41) is 12.0. The number of ether oxygens (including phenoxy) is 2. The minimum Gasteiger partial charge on any atom is -0.494 e. The molecule has 0 saturated carbocycles. The number of nitrogens with zero attached hydrogens (tertiary/aromatic N) is 1. The summed E-state index contributed by atoms with van der Waals surface area (Å²) in [6.45, 7) is 1.31. The number of halogens is 1. The number of benzene rings is 1. The molecule has 0 spiro atoms. The second-order valence-corrected chi connectivity index (χ2v) is 4.09. The van der Waals surface area contributed by atoms with Crippen LogP contribution in [0.5, 0.6) is 5.75 Å². The number of nitriles is 1. The molecule has 1 heterocycles. The Morgan fingerprint density at radius 3 is 2.82 bits per heavy atom. The number of methoxy groups -OCH3 is 1. The van der Waals surface area contributed by atoms with Crippen LogP contribution in [0, 0.1) is 22.6 Å². The van der Waals surface area contributed by atoms with Crippen molar-refractivity contribution in [3.8, 4) is 11.8 Å². The van der Waals surface area contributed by atoms with Crippen LogP contribution in [0.2, 0.25) is 0 Å². The third-order valence-corrected chi connectivity index (χ3v) is 2.78. The highest BCUT2D eigenvalue weighted by Crippen LogP contribution is 2.27. The molecule has 1 fully saturated rings. The summed E-state index contributed by atoms with van der Waals surface area (Å²) in [6.07, 6.45) is 0. The molecule has 1 N–H and O–H groups in total. The molecule has 1 aliphatic rings. The second-order valence-electron chi connectivity index (χ2n) is 4.09. The molecule has 0 aliphatic carbocycles. The Kier molecular flexibility index (Phi) is 3.16.